The molecule has 17 amide bonds. The number of nitrogens with one attached hydrogen (secondary N) is 19. The van der Waals surface area contributed by atoms with Gasteiger partial charge in [-0.3, -0.25) is 107 Å². The van der Waals surface area contributed by atoms with Crippen molar-refractivity contribution < 1.29 is 127 Å². The third kappa shape index (κ3) is 42.5. The number of amides is 17. The number of phenols is 1. The van der Waals surface area contributed by atoms with E-state index in [0.717, 1.165) is 13.8 Å². The zero-order valence-electron chi connectivity index (χ0n) is 71.2. The van der Waals surface area contributed by atoms with Gasteiger partial charge >= 0.3 is 17.9 Å². The fourth-order valence-electron chi connectivity index (χ4n) is 11.6. The molecule has 125 heavy (non-hydrogen) atoms. The summed E-state index contributed by atoms with van der Waals surface area (Å²) in [6.45, 7) is 11.6. The van der Waals surface area contributed by atoms with E-state index in [1.165, 1.54) is 38.1 Å². The number of aliphatic hydroxyl groups is 2. The lowest BCUT2D eigenvalue weighted by molar-refractivity contribution is -0.142. The summed E-state index contributed by atoms with van der Waals surface area (Å²) in [7, 11) is 0. The van der Waals surface area contributed by atoms with E-state index >= 15 is 0 Å². The van der Waals surface area contributed by atoms with Gasteiger partial charge in [-0.1, -0.05) is 80.4 Å². The van der Waals surface area contributed by atoms with Crippen LogP contribution >= 0.6 is 0 Å². The second kappa shape index (κ2) is 55.8. The van der Waals surface area contributed by atoms with Gasteiger partial charge in [0.25, 0.3) is 0 Å². The maximum Gasteiger partial charge on any atom is 0.322 e. The first-order valence-electron chi connectivity index (χ1n) is 40.1. The van der Waals surface area contributed by atoms with Gasteiger partial charge in [-0.25, -0.2) is 0 Å². The van der Waals surface area contributed by atoms with Crippen molar-refractivity contribution in [3.8, 4) is 5.75 Å². The maximum absolute atomic E-state index is 14.8. The Balaban J connectivity index is 3.73. The predicted molar refractivity (Wildman–Crippen MR) is 441 cm³/mol. The summed E-state index contributed by atoms with van der Waals surface area (Å²) >= 11 is 0. The SMILES string of the molecule is CC[C@H](C)[C@H](N)C(=O)N[C@@H](CC(N)=O)C(=O)N[C@H](C(=O)N[C@@H](CC(N)=O)C(=O)NCC(=O)N[C@@H](CC(C)C)C(=O)N[C@H](C(=O)N[C@@H](CCCNC(=N)N)C(=O)N[C@@H](CCCNC(=N)N)C(=O)N[C@@H](Cc1ccc(O)cc1)C(=O)N[C@@H](C)C(=O)N[C@@H](CC(=O)O)C(=O)N[C@@H](CO)C(=O)N[C@H](C(=O)N[C@@H](CCC(=O)O)C(=O)NCC(=O)O)C(C)C)[C@@H](C)CC)[C@@H](C)O. The Hall–Kier alpha value is -13.2. The Labute approximate surface area is 719 Å². The van der Waals surface area contributed by atoms with Gasteiger partial charge in [0.1, 0.15) is 90.8 Å². The first-order valence-corrected chi connectivity index (χ1v) is 40.1. The number of rotatable bonds is 59. The summed E-state index contributed by atoms with van der Waals surface area (Å²) < 4.78 is 0. The van der Waals surface area contributed by atoms with Crippen LogP contribution in [0.3, 0.4) is 0 Å². The van der Waals surface area contributed by atoms with E-state index in [9.17, 15) is 121 Å². The van der Waals surface area contributed by atoms with E-state index in [4.69, 9.17) is 44.6 Å². The van der Waals surface area contributed by atoms with Gasteiger partial charge in [-0.2, -0.15) is 0 Å². The van der Waals surface area contributed by atoms with Crippen molar-refractivity contribution >= 4 is 130 Å². The molecule has 0 unspecified atom stereocenters. The standard InChI is InChI=1S/C75H124N24O26/c1-11-35(7)56(78)70(122)94-47(28-51(77)104)68(120)99-59(38(10)101)73(125)95-46(27-50(76)103)62(114)85-30-52(105)88-44(25-33(3)4)67(119)98-58(36(8)12-2)72(124)90-42(16-14-24-84-75(81)82)63(115)89-41(15-13-23-83-74(79)80)64(116)93-45(26-39-17-19-40(102)20-18-39)65(117)87-37(9)60(112)92-48(29-54(108)109)66(118)96-49(32-100)69(121)97-57(34(5)6)71(123)91-43(21-22-53(106)107)61(113)86-31-55(110)111/h17-20,33-38,41-49,56-59,100-102H,11-16,21-32,78H2,1-10H3,(H2,76,103)(H2,77,104)(H,85,114)(H,86,113)(H,87,117)(H,88,105)(H,89,115)(H,90,124)(H,91,123)(H,92,112)(H,93,116)(H,94,122)(H,95,125)(H,96,118)(H,97,121)(H,98,119)(H,99,120)(H,106,107)(H,108,109)(H,110,111)(H4,79,80,83)(H4,81,82,84)/t35-,36-,37-,38+,41-,42-,43-,44-,45-,46-,47-,48-,49-,56-,57-,58-,59-/m0/s1. The molecule has 0 aromatic heterocycles. The summed E-state index contributed by atoms with van der Waals surface area (Å²) in [6.07, 6.45) is -6.51. The fraction of sp³-hybridized carbons (Fsp3) is 0.627. The van der Waals surface area contributed by atoms with Gasteiger partial charge < -0.3 is 150 Å². The second-order valence-electron chi connectivity index (χ2n) is 30.4. The summed E-state index contributed by atoms with van der Waals surface area (Å²) in [6, 6.07) is -18.7. The van der Waals surface area contributed by atoms with Crippen LogP contribution in [0.2, 0.25) is 0 Å². The highest BCUT2D eigenvalue weighted by Crippen LogP contribution is 2.17. The number of carboxylic acids is 3. The molecule has 0 saturated carbocycles. The molecule has 0 fully saturated rings. The second-order valence-corrected chi connectivity index (χ2v) is 30.4. The van der Waals surface area contributed by atoms with E-state index in [2.05, 4.69) is 85.1 Å². The van der Waals surface area contributed by atoms with E-state index in [1.807, 2.05) is 5.32 Å². The minimum atomic E-state index is -2.10. The van der Waals surface area contributed by atoms with Gasteiger partial charge in [0.2, 0.25) is 100 Å². The molecule has 0 heterocycles. The van der Waals surface area contributed by atoms with Crippen LogP contribution in [-0.2, 0) is 102 Å². The third-order valence-corrected chi connectivity index (χ3v) is 19.0. The quantitative estimate of drug-likeness (QED) is 0.0164. The number of benzene rings is 1. The van der Waals surface area contributed by atoms with Crippen LogP contribution in [-0.4, -0.2) is 284 Å². The number of aliphatic hydroxyl groups excluding tert-OH is 2. The normalized spacial score (nSPS) is 15.1. The molecular weight excluding hydrogens is 1650 g/mol. The number of primary amides is 2. The lowest BCUT2D eigenvalue weighted by atomic mass is 9.96. The molecule has 50 nitrogen and oxygen atoms in total. The van der Waals surface area contributed by atoms with Crippen LogP contribution in [0.1, 0.15) is 152 Å². The average Bonchev–Trinajstić information content (AvgIpc) is 0.850. The molecule has 700 valence electrons. The third-order valence-electron chi connectivity index (χ3n) is 19.0. The number of guanidine groups is 2. The Morgan fingerprint density at radius 2 is 0.784 bits per heavy atom. The number of carbonyl (C=O) groups excluding carboxylic acids is 17. The molecule has 1 rings (SSSR count). The fourth-order valence-corrected chi connectivity index (χ4v) is 11.6. The molecule has 0 radical (unpaired) electrons. The molecule has 35 N–H and O–H groups in total. The molecule has 50 heteroatoms. The average molecular weight is 1780 g/mol. The number of aliphatic carboxylic acids is 3. The van der Waals surface area contributed by atoms with Crippen LogP contribution < -0.4 is 119 Å². The zero-order chi connectivity index (χ0) is 95.4. The monoisotopic (exact) mass is 1780 g/mol. The first-order chi connectivity index (χ1) is 58.4. The molecule has 0 aliphatic rings. The molecular formula is C75H124N24O26. The van der Waals surface area contributed by atoms with E-state index in [-0.39, 0.29) is 74.8 Å². The number of phenolic OH excluding ortho intramolecular Hbond substituents is 1. The van der Waals surface area contributed by atoms with Gasteiger partial charge in [0.05, 0.1) is 44.6 Å². The highest BCUT2D eigenvalue weighted by Gasteiger charge is 2.40. The largest absolute Gasteiger partial charge is 0.508 e. The molecule has 1 aromatic carbocycles. The van der Waals surface area contributed by atoms with Crippen LogP contribution in [0.15, 0.2) is 24.3 Å². The number of carboxylic acid groups (broad SMARTS) is 3. The lowest BCUT2D eigenvalue weighted by Crippen LogP contribution is -2.61. The van der Waals surface area contributed by atoms with Crippen molar-refractivity contribution in [1.82, 2.24) is 90.4 Å². The van der Waals surface area contributed by atoms with Gasteiger partial charge in [-0.15, -0.1) is 0 Å². The van der Waals surface area contributed by atoms with Crippen molar-refractivity contribution in [2.24, 2.45) is 52.3 Å². The van der Waals surface area contributed by atoms with Crippen molar-refractivity contribution in [3.63, 3.8) is 0 Å². The molecule has 1 aromatic rings. The molecule has 0 bridgehead atoms. The summed E-state index contributed by atoms with van der Waals surface area (Å²) in [5, 5.41) is 114. The number of hydrogen-bond donors (Lipinski definition) is 30. The number of carbonyl (C=O) groups is 20. The summed E-state index contributed by atoms with van der Waals surface area (Å²) in [5.41, 5.74) is 28.0. The smallest absolute Gasteiger partial charge is 0.322 e. The lowest BCUT2D eigenvalue weighted by Gasteiger charge is -2.30. The number of aromatic hydroxyl groups is 1. The highest BCUT2D eigenvalue weighted by atomic mass is 16.4. The van der Waals surface area contributed by atoms with Crippen LogP contribution in [0, 0.1) is 34.5 Å². The molecule has 0 spiro atoms. The van der Waals surface area contributed by atoms with E-state index < -0.39 is 291 Å². The van der Waals surface area contributed by atoms with Gasteiger partial charge in [0, 0.05) is 25.9 Å². The van der Waals surface area contributed by atoms with Gasteiger partial charge in [0.15, 0.2) is 11.9 Å². The number of nitrogens with two attached hydrogens (primary N) is 5. The number of hydrogen-bond acceptors (Lipinski definition) is 26. The van der Waals surface area contributed by atoms with Crippen LogP contribution in [0.4, 0.5) is 0 Å². The predicted octanol–water partition coefficient (Wildman–Crippen LogP) is -10.3. The van der Waals surface area contributed by atoms with Crippen LogP contribution in [0.5, 0.6) is 5.75 Å². The molecule has 0 saturated heterocycles. The first kappa shape index (κ1) is 110. The van der Waals surface area contributed by atoms with E-state index in [1.54, 1.807) is 41.5 Å². The highest BCUT2D eigenvalue weighted by molar-refractivity contribution is 6.02. The molecule has 17 atom stereocenters. The van der Waals surface area contributed by atoms with E-state index in [0.29, 0.717) is 6.42 Å². The Kier molecular flexibility index (Phi) is 49.0. The Morgan fingerprint density at radius 1 is 0.392 bits per heavy atom. The topological polar surface area (TPSA) is 845 Å². The molecule has 0 aliphatic heterocycles. The van der Waals surface area contributed by atoms with Crippen molar-refractivity contribution in [2.75, 3.05) is 32.8 Å². The summed E-state index contributed by atoms with van der Waals surface area (Å²) in [5.74, 6) is -27.4. The van der Waals surface area contributed by atoms with Crippen molar-refractivity contribution in [1.29, 1.82) is 10.8 Å². The molecule has 0 aliphatic carbocycles. The summed E-state index contributed by atoms with van der Waals surface area (Å²) in [4.78, 5) is 267. The van der Waals surface area contributed by atoms with Gasteiger partial charge in [-0.05, 0) is 93.7 Å². The Morgan fingerprint density at radius 3 is 1.26 bits per heavy atom. The Bertz CT molecular complexity index is 3950. The zero-order valence-corrected chi connectivity index (χ0v) is 71.2. The minimum Gasteiger partial charge on any atom is -0.508 e. The maximum atomic E-state index is 14.8. The van der Waals surface area contributed by atoms with Crippen molar-refractivity contribution in [3.05, 3.63) is 29.8 Å². The minimum absolute atomic E-state index is 0.0278. The van der Waals surface area contributed by atoms with Crippen LogP contribution in [0.25, 0.3) is 0 Å². The van der Waals surface area contributed by atoms with Crippen molar-refractivity contribution in [2.45, 2.75) is 243 Å².